The molecule has 0 aliphatic carbocycles. The van der Waals surface area contributed by atoms with Gasteiger partial charge in [0, 0.05) is 18.7 Å². The number of piperidine rings is 1. The van der Waals surface area contributed by atoms with E-state index in [2.05, 4.69) is 13.5 Å². The van der Waals surface area contributed by atoms with Crippen LogP contribution in [0.25, 0.3) is 6.08 Å². The fraction of sp³-hybridized carbons (Fsp3) is 0.409. The smallest absolute Gasteiger partial charge is 0.294 e. The van der Waals surface area contributed by atoms with E-state index in [9.17, 15) is 19.5 Å². The zero-order valence-electron chi connectivity index (χ0n) is 17.2. The van der Waals surface area contributed by atoms with Crippen LogP contribution in [0.1, 0.15) is 30.9 Å². The molecule has 30 heavy (non-hydrogen) atoms. The molecule has 0 spiro atoms. The summed E-state index contributed by atoms with van der Waals surface area (Å²) in [7, 11) is 1.44. The zero-order valence-corrected chi connectivity index (χ0v) is 18.0. The number of likely N-dealkylation sites (tertiary alicyclic amines) is 1. The molecule has 0 bridgehead atoms. The van der Waals surface area contributed by atoms with E-state index in [1.54, 1.807) is 29.2 Å². The topological polar surface area (TPSA) is 87.2 Å². The summed E-state index contributed by atoms with van der Waals surface area (Å²) < 4.78 is 5.20. The minimum absolute atomic E-state index is 0.0177. The molecular formula is C22H26N2O5S. The molecule has 1 aromatic rings. The van der Waals surface area contributed by atoms with Crippen molar-refractivity contribution in [3.8, 4) is 11.5 Å². The van der Waals surface area contributed by atoms with Crippen LogP contribution in [0.5, 0.6) is 11.5 Å². The van der Waals surface area contributed by atoms with Crippen molar-refractivity contribution in [2.24, 2.45) is 5.92 Å². The molecule has 2 fully saturated rings. The molecule has 1 N–H and O–H groups in total. The number of benzene rings is 1. The summed E-state index contributed by atoms with van der Waals surface area (Å²) in [6.45, 7) is 6.91. The Kier molecular flexibility index (Phi) is 6.87. The van der Waals surface area contributed by atoms with Crippen molar-refractivity contribution in [3.63, 3.8) is 0 Å². The zero-order chi connectivity index (χ0) is 21.8. The van der Waals surface area contributed by atoms with E-state index in [-0.39, 0.29) is 28.9 Å². The lowest BCUT2D eigenvalue weighted by atomic mass is 9.99. The van der Waals surface area contributed by atoms with E-state index >= 15 is 0 Å². The monoisotopic (exact) mass is 430 g/mol. The van der Waals surface area contributed by atoms with Crippen LogP contribution >= 0.6 is 11.8 Å². The first kappa shape index (κ1) is 22.0. The Morgan fingerprint density at radius 2 is 2.03 bits per heavy atom. The second-order valence-corrected chi connectivity index (χ2v) is 8.55. The number of imide groups is 1. The molecule has 3 amide bonds. The summed E-state index contributed by atoms with van der Waals surface area (Å²) in [6.07, 6.45) is 5.52. The largest absolute Gasteiger partial charge is 0.504 e. The van der Waals surface area contributed by atoms with E-state index in [1.165, 1.54) is 7.11 Å². The minimum atomic E-state index is -0.485. The van der Waals surface area contributed by atoms with Crippen LogP contribution in [0.3, 0.4) is 0 Å². The van der Waals surface area contributed by atoms with Crippen molar-refractivity contribution in [3.05, 3.63) is 40.8 Å². The number of hydrogen-bond acceptors (Lipinski definition) is 6. The first-order chi connectivity index (χ1) is 14.3. The number of nitrogens with zero attached hydrogens (tertiary/aromatic N) is 2. The van der Waals surface area contributed by atoms with Crippen molar-refractivity contribution in [2.45, 2.75) is 26.2 Å². The lowest BCUT2D eigenvalue weighted by Crippen LogP contribution is -2.45. The maximum Gasteiger partial charge on any atom is 0.294 e. The van der Waals surface area contributed by atoms with Gasteiger partial charge in [0.05, 0.1) is 12.0 Å². The van der Waals surface area contributed by atoms with E-state index in [1.807, 2.05) is 0 Å². The van der Waals surface area contributed by atoms with Crippen LogP contribution in [0, 0.1) is 5.92 Å². The second-order valence-electron chi connectivity index (χ2n) is 7.55. The summed E-state index contributed by atoms with van der Waals surface area (Å²) in [6, 6.07) is 3.31. The van der Waals surface area contributed by atoms with Gasteiger partial charge in [-0.2, -0.15) is 0 Å². The number of thioether (sulfide) groups is 1. The van der Waals surface area contributed by atoms with Crippen LogP contribution in [0.2, 0.25) is 0 Å². The molecule has 8 heteroatoms. The highest BCUT2D eigenvalue weighted by molar-refractivity contribution is 8.18. The van der Waals surface area contributed by atoms with Gasteiger partial charge in [-0.05, 0) is 60.7 Å². The highest BCUT2D eigenvalue weighted by atomic mass is 32.2. The molecule has 0 unspecified atom stereocenters. The Labute approximate surface area is 180 Å². The van der Waals surface area contributed by atoms with Crippen LogP contribution in [0.4, 0.5) is 4.79 Å². The maximum atomic E-state index is 12.8. The van der Waals surface area contributed by atoms with Gasteiger partial charge < -0.3 is 14.7 Å². The molecular weight excluding hydrogens is 404 g/mol. The van der Waals surface area contributed by atoms with Crippen LogP contribution in [-0.4, -0.2) is 58.7 Å². The lowest BCUT2D eigenvalue weighted by molar-refractivity contribution is -0.136. The summed E-state index contributed by atoms with van der Waals surface area (Å²) in [5, 5.41) is 9.75. The quantitative estimate of drug-likeness (QED) is 0.550. The van der Waals surface area contributed by atoms with Gasteiger partial charge in [-0.3, -0.25) is 19.3 Å². The molecule has 0 atom stereocenters. The van der Waals surface area contributed by atoms with Gasteiger partial charge in [0.1, 0.15) is 6.54 Å². The first-order valence-electron chi connectivity index (χ1n) is 9.88. The standard InChI is InChI=1S/C22H26N2O5S/c1-4-5-16-10-15(11-17(29-3)20(16)26)12-18-21(27)24(22(28)30-18)13-19(25)23-8-6-14(2)7-9-23/h4,10-12,14,26H,1,5-9,13H2,2-3H3/b18-12-. The highest BCUT2D eigenvalue weighted by Gasteiger charge is 2.37. The van der Waals surface area contributed by atoms with E-state index in [0.29, 0.717) is 36.6 Å². The summed E-state index contributed by atoms with van der Waals surface area (Å²) in [4.78, 5) is 40.7. The molecule has 0 aromatic heterocycles. The highest BCUT2D eigenvalue weighted by Crippen LogP contribution is 2.36. The number of ether oxygens (including phenoxy) is 1. The number of aromatic hydroxyl groups is 1. The van der Waals surface area contributed by atoms with Crippen LogP contribution in [0.15, 0.2) is 29.7 Å². The van der Waals surface area contributed by atoms with Gasteiger partial charge in [0.15, 0.2) is 11.5 Å². The number of phenolic OH excluding ortho intramolecular Hbond substituents is 1. The fourth-order valence-electron chi connectivity index (χ4n) is 3.52. The van der Waals surface area contributed by atoms with Crippen molar-refractivity contribution < 1.29 is 24.2 Å². The van der Waals surface area contributed by atoms with Crippen LogP contribution in [-0.2, 0) is 16.0 Å². The second kappa shape index (κ2) is 9.38. The number of allylic oxidation sites excluding steroid dienone is 1. The van der Waals surface area contributed by atoms with E-state index in [0.717, 1.165) is 29.5 Å². The van der Waals surface area contributed by atoms with Crippen molar-refractivity contribution in [1.82, 2.24) is 9.80 Å². The molecule has 2 aliphatic heterocycles. The number of hydrogen-bond donors (Lipinski definition) is 1. The summed E-state index contributed by atoms with van der Waals surface area (Å²) >= 11 is 0.807. The van der Waals surface area contributed by atoms with Crippen LogP contribution < -0.4 is 4.74 Å². The third kappa shape index (κ3) is 4.70. The van der Waals surface area contributed by atoms with E-state index in [4.69, 9.17) is 4.74 Å². The normalized spacial score (nSPS) is 18.9. The number of methoxy groups -OCH3 is 1. The molecule has 160 valence electrons. The van der Waals surface area contributed by atoms with Gasteiger partial charge in [0.25, 0.3) is 11.1 Å². The first-order valence-corrected chi connectivity index (χ1v) is 10.7. The summed E-state index contributed by atoms with van der Waals surface area (Å²) in [5.41, 5.74) is 1.22. The molecule has 1 aromatic carbocycles. The van der Waals surface area contributed by atoms with Crippen molar-refractivity contribution in [1.29, 1.82) is 0 Å². The number of carbonyl (C=O) groups excluding carboxylic acids is 3. The SMILES string of the molecule is C=CCc1cc(/C=C2\SC(=O)N(CC(=O)N3CCC(C)CC3)C2=O)cc(OC)c1O. The number of carbonyl (C=O) groups is 3. The average Bonchev–Trinajstić information content (AvgIpc) is 2.98. The van der Waals surface area contributed by atoms with Crippen molar-refractivity contribution in [2.75, 3.05) is 26.7 Å². The Morgan fingerprint density at radius 1 is 1.33 bits per heavy atom. The molecule has 0 radical (unpaired) electrons. The maximum absolute atomic E-state index is 12.8. The van der Waals surface area contributed by atoms with Gasteiger partial charge >= 0.3 is 0 Å². The van der Waals surface area contributed by atoms with Gasteiger partial charge in [0.2, 0.25) is 5.91 Å². The Morgan fingerprint density at radius 3 is 2.67 bits per heavy atom. The summed E-state index contributed by atoms with van der Waals surface area (Å²) in [5.74, 6) is 0.187. The molecule has 2 saturated heterocycles. The lowest BCUT2D eigenvalue weighted by Gasteiger charge is -2.31. The number of phenols is 1. The third-order valence-electron chi connectivity index (χ3n) is 5.36. The molecule has 7 nitrogen and oxygen atoms in total. The van der Waals surface area contributed by atoms with Crippen molar-refractivity contribution >= 4 is 34.9 Å². The minimum Gasteiger partial charge on any atom is -0.504 e. The average molecular weight is 431 g/mol. The predicted octanol–water partition coefficient (Wildman–Crippen LogP) is 3.42. The molecule has 0 saturated carbocycles. The van der Waals surface area contributed by atoms with Gasteiger partial charge in [-0.1, -0.05) is 13.0 Å². The van der Waals surface area contributed by atoms with Gasteiger partial charge in [-0.15, -0.1) is 6.58 Å². The molecule has 2 heterocycles. The third-order valence-corrected chi connectivity index (χ3v) is 6.27. The number of rotatable bonds is 6. The Bertz CT molecular complexity index is 903. The van der Waals surface area contributed by atoms with Gasteiger partial charge in [-0.25, -0.2) is 0 Å². The number of amides is 3. The Hall–Kier alpha value is -2.74. The van der Waals surface area contributed by atoms with E-state index < -0.39 is 11.1 Å². The molecule has 3 rings (SSSR count). The fourth-order valence-corrected chi connectivity index (χ4v) is 4.36. The predicted molar refractivity (Wildman–Crippen MR) is 116 cm³/mol. The Balaban J connectivity index is 1.77. The molecule has 2 aliphatic rings.